The third kappa shape index (κ3) is 3.03. The molecule has 16 heavy (non-hydrogen) atoms. The molecule has 88 valence electrons. The monoisotopic (exact) mass is 223 g/mol. The van der Waals surface area contributed by atoms with E-state index in [0.717, 1.165) is 18.4 Å². The maximum Gasteiger partial charge on any atom is 0.123 e. The van der Waals surface area contributed by atoms with Gasteiger partial charge in [0.25, 0.3) is 0 Å². The summed E-state index contributed by atoms with van der Waals surface area (Å²) in [5, 5.41) is 12.9. The molecule has 3 heteroatoms. The van der Waals surface area contributed by atoms with Crippen molar-refractivity contribution in [1.82, 2.24) is 5.32 Å². The Hall–Kier alpha value is -0.930. The number of hydrogen-bond donors (Lipinski definition) is 2. The normalized spacial score (nSPS) is 19.4. The Balaban J connectivity index is 1.84. The second-order valence-corrected chi connectivity index (χ2v) is 4.59. The van der Waals surface area contributed by atoms with E-state index in [0.29, 0.717) is 12.5 Å². The molecule has 2 atom stereocenters. The van der Waals surface area contributed by atoms with E-state index in [9.17, 15) is 9.50 Å². The van der Waals surface area contributed by atoms with Crippen molar-refractivity contribution in [2.45, 2.75) is 31.9 Å². The summed E-state index contributed by atoms with van der Waals surface area (Å²) in [6, 6.07) is 6.64. The van der Waals surface area contributed by atoms with E-state index in [4.69, 9.17) is 0 Å². The highest BCUT2D eigenvalue weighted by Crippen LogP contribution is 2.32. The van der Waals surface area contributed by atoms with Gasteiger partial charge in [-0.1, -0.05) is 12.1 Å². The second kappa shape index (κ2) is 4.93. The summed E-state index contributed by atoms with van der Waals surface area (Å²) in [6.45, 7) is 2.57. The van der Waals surface area contributed by atoms with Gasteiger partial charge < -0.3 is 10.4 Å². The van der Waals surface area contributed by atoms with Gasteiger partial charge in [0.15, 0.2) is 0 Å². The zero-order valence-corrected chi connectivity index (χ0v) is 9.49. The second-order valence-electron chi connectivity index (χ2n) is 4.59. The van der Waals surface area contributed by atoms with Crippen LogP contribution in [0, 0.1) is 11.7 Å². The minimum absolute atomic E-state index is 0.0732. The molecule has 2 nitrogen and oxygen atoms in total. The maximum absolute atomic E-state index is 13.0. The van der Waals surface area contributed by atoms with E-state index in [2.05, 4.69) is 5.32 Å². The highest BCUT2D eigenvalue weighted by Gasteiger charge is 2.29. The molecule has 2 N–H and O–H groups in total. The molecule has 1 aliphatic rings. The lowest BCUT2D eigenvalue weighted by molar-refractivity contribution is 0.145. The van der Waals surface area contributed by atoms with E-state index in [1.54, 1.807) is 6.07 Å². The number of rotatable bonds is 5. The van der Waals surface area contributed by atoms with Crippen LogP contribution in [-0.4, -0.2) is 17.8 Å². The molecule has 2 unspecified atom stereocenters. The summed E-state index contributed by atoms with van der Waals surface area (Å²) in [7, 11) is 0. The molecule has 0 spiro atoms. The van der Waals surface area contributed by atoms with Gasteiger partial charge in [-0.25, -0.2) is 4.39 Å². The average Bonchev–Trinajstić information content (AvgIpc) is 3.09. The molecule has 0 amide bonds. The van der Waals surface area contributed by atoms with Crippen molar-refractivity contribution >= 4 is 0 Å². The number of benzene rings is 1. The van der Waals surface area contributed by atoms with Crippen molar-refractivity contribution in [2.75, 3.05) is 6.54 Å². The molecule has 1 aromatic rings. The molecular formula is C13H18FNO. The molecule has 0 aromatic heterocycles. The number of halogens is 1. The van der Waals surface area contributed by atoms with Gasteiger partial charge in [-0.2, -0.15) is 0 Å². The summed E-state index contributed by atoms with van der Waals surface area (Å²) in [4.78, 5) is 0. The molecular weight excluding hydrogens is 205 g/mol. The largest absolute Gasteiger partial charge is 0.392 e. The van der Waals surface area contributed by atoms with E-state index < -0.39 is 0 Å². The predicted molar refractivity (Wildman–Crippen MR) is 61.5 cm³/mol. The lowest BCUT2D eigenvalue weighted by atomic mass is 10.1. The predicted octanol–water partition coefficient (Wildman–Crippen LogP) is 2.25. The summed E-state index contributed by atoms with van der Waals surface area (Å²) >= 11 is 0. The fourth-order valence-electron chi connectivity index (χ4n) is 1.84. The van der Waals surface area contributed by atoms with Gasteiger partial charge >= 0.3 is 0 Å². The molecule has 1 fully saturated rings. The van der Waals surface area contributed by atoms with Gasteiger partial charge in [0.2, 0.25) is 0 Å². The molecule has 1 aliphatic carbocycles. The highest BCUT2D eigenvalue weighted by molar-refractivity contribution is 5.19. The first-order valence-corrected chi connectivity index (χ1v) is 5.83. The number of aliphatic hydroxyl groups is 1. The number of aliphatic hydroxyl groups excluding tert-OH is 1. The molecule has 0 saturated heterocycles. The SMILES string of the molecule is CC(NCC(O)C1CC1)c1cccc(F)c1. The standard InChI is InChI=1S/C13H18FNO/c1-9(11-3-2-4-12(14)7-11)15-8-13(16)10-5-6-10/h2-4,7,9-10,13,15-16H,5-6,8H2,1H3. The molecule has 0 aliphatic heterocycles. The zero-order valence-electron chi connectivity index (χ0n) is 9.49. The lowest BCUT2D eigenvalue weighted by Gasteiger charge is -2.17. The third-order valence-corrected chi connectivity index (χ3v) is 3.15. The van der Waals surface area contributed by atoms with Crippen LogP contribution in [0.25, 0.3) is 0 Å². The average molecular weight is 223 g/mol. The lowest BCUT2D eigenvalue weighted by Crippen LogP contribution is -2.30. The van der Waals surface area contributed by atoms with Crippen LogP contribution in [0.3, 0.4) is 0 Å². The summed E-state index contributed by atoms with van der Waals surface area (Å²) in [5.74, 6) is 0.265. The fourth-order valence-corrected chi connectivity index (χ4v) is 1.84. The molecule has 0 bridgehead atoms. The van der Waals surface area contributed by atoms with Crippen LogP contribution in [0.15, 0.2) is 24.3 Å². The molecule has 0 radical (unpaired) electrons. The smallest absolute Gasteiger partial charge is 0.123 e. The molecule has 1 saturated carbocycles. The summed E-state index contributed by atoms with van der Waals surface area (Å²) in [5.41, 5.74) is 0.919. The van der Waals surface area contributed by atoms with Gasteiger partial charge in [0.05, 0.1) is 6.10 Å². The minimum Gasteiger partial charge on any atom is -0.392 e. The Morgan fingerprint density at radius 2 is 2.25 bits per heavy atom. The Labute approximate surface area is 95.5 Å². The highest BCUT2D eigenvalue weighted by atomic mass is 19.1. The van der Waals surface area contributed by atoms with Crippen LogP contribution in [0.4, 0.5) is 4.39 Å². The van der Waals surface area contributed by atoms with Crippen molar-refractivity contribution < 1.29 is 9.50 Å². The number of hydrogen-bond acceptors (Lipinski definition) is 2. The van der Waals surface area contributed by atoms with Crippen LogP contribution in [0.1, 0.15) is 31.4 Å². The first-order valence-electron chi connectivity index (χ1n) is 5.83. The van der Waals surface area contributed by atoms with Gasteiger partial charge in [0.1, 0.15) is 5.82 Å². The van der Waals surface area contributed by atoms with Crippen LogP contribution < -0.4 is 5.32 Å². The van der Waals surface area contributed by atoms with Crippen molar-refractivity contribution in [3.05, 3.63) is 35.6 Å². The van der Waals surface area contributed by atoms with Gasteiger partial charge in [-0.15, -0.1) is 0 Å². The first-order chi connectivity index (χ1) is 7.66. The Bertz CT molecular complexity index is 352. The minimum atomic E-state index is -0.254. The molecule has 0 heterocycles. The topological polar surface area (TPSA) is 32.3 Å². The Kier molecular flexibility index (Phi) is 3.56. The Morgan fingerprint density at radius 3 is 2.88 bits per heavy atom. The molecule has 1 aromatic carbocycles. The Morgan fingerprint density at radius 1 is 1.50 bits per heavy atom. The third-order valence-electron chi connectivity index (χ3n) is 3.15. The van der Waals surface area contributed by atoms with Gasteiger partial charge in [0, 0.05) is 12.6 Å². The van der Waals surface area contributed by atoms with Crippen LogP contribution in [0.2, 0.25) is 0 Å². The summed E-state index contributed by atoms with van der Waals surface area (Å²) < 4.78 is 13.0. The van der Waals surface area contributed by atoms with E-state index in [-0.39, 0.29) is 18.0 Å². The van der Waals surface area contributed by atoms with Crippen LogP contribution in [-0.2, 0) is 0 Å². The first kappa shape index (κ1) is 11.6. The van der Waals surface area contributed by atoms with Crippen LogP contribution in [0.5, 0.6) is 0 Å². The van der Waals surface area contributed by atoms with E-state index in [1.165, 1.54) is 12.1 Å². The van der Waals surface area contributed by atoms with E-state index >= 15 is 0 Å². The summed E-state index contributed by atoms with van der Waals surface area (Å²) in [6.07, 6.45) is 2.02. The van der Waals surface area contributed by atoms with Crippen molar-refractivity contribution in [3.63, 3.8) is 0 Å². The van der Waals surface area contributed by atoms with Crippen LogP contribution >= 0.6 is 0 Å². The van der Waals surface area contributed by atoms with Crippen molar-refractivity contribution in [1.29, 1.82) is 0 Å². The zero-order chi connectivity index (χ0) is 11.5. The fraction of sp³-hybridized carbons (Fsp3) is 0.538. The number of nitrogens with one attached hydrogen (secondary N) is 1. The van der Waals surface area contributed by atoms with Crippen molar-refractivity contribution in [3.8, 4) is 0 Å². The van der Waals surface area contributed by atoms with Gasteiger partial charge in [-0.3, -0.25) is 0 Å². The quantitative estimate of drug-likeness (QED) is 0.802. The van der Waals surface area contributed by atoms with E-state index in [1.807, 2.05) is 13.0 Å². The van der Waals surface area contributed by atoms with Crippen molar-refractivity contribution in [2.24, 2.45) is 5.92 Å². The van der Waals surface area contributed by atoms with Gasteiger partial charge in [-0.05, 0) is 43.4 Å². The maximum atomic E-state index is 13.0. The molecule has 2 rings (SSSR count).